The van der Waals surface area contributed by atoms with Crippen molar-refractivity contribution in [1.82, 2.24) is 5.32 Å². The van der Waals surface area contributed by atoms with Crippen molar-refractivity contribution in [2.24, 2.45) is 5.92 Å². The van der Waals surface area contributed by atoms with Gasteiger partial charge in [0, 0.05) is 17.7 Å². The van der Waals surface area contributed by atoms with E-state index in [1.807, 2.05) is 12.1 Å². The lowest BCUT2D eigenvalue weighted by Gasteiger charge is -2.11. The number of amides is 2. The van der Waals surface area contributed by atoms with Gasteiger partial charge in [0.1, 0.15) is 5.75 Å². The fraction of sp³-hybridized carbons (Fsp3) is 0.300. The van der Waals surface area contributed by atoms with E-state index in [1.54, 1.807) is 43.5 Å². The van der Waals surface area contributed by atoms with Crippen LogP contribution in [0.5, 0.6) is 5.75 Å². The zero-order chi connectivity index (χ0) is 18.2. The Kier molecular flexibility index (Phi) is 6.57. The van der Waals surface area contributed by atoms with Crippen molar-refractivity contribution >= 4 is 17.5 Å². The number of benzene rings is 2. The number of rotatable bonds is 7. The smallest absolute Gasteiger partial charge is 0.255 e. The van der Waals surface area contributed by atoms with Gasteiger partial charge in [0.25, 0.3) is 11.8 Å². The quantitative estimate of drug-likeness (QED) is 0.807. The minimum absolute atomic E-state index is 0.174. The Morgan fingerprint density at radius 3 is 2.36 bits per heavy atom. The largest absolute Gasteiger partial charge is 0.495 e. The van der Waals surface area contributed by atoms with Crippen LogP contribution in [0.2, 0.25) is 0 Å². The van der Waals surface area contributed by atoms with Gasteiger partial charge in [-0.25, -0.2) is 0 Å². The molecule has 5 heteroatoms. The Morgan fingerprint density at radius 1 is 1.00 bits per heavy atom. The van der Waals surface area contributed by atoms with Gasteiger partial charge in [-0.1, -0.05) is 32.0 Å². The van der Waals surface area contributed by atoms with Crippen LogP contribution < -0.4 is 15.4 Å². The van der Waals surface area contributed by atoms with Gasteiger partial charge in [0.05, 0.1) is 12.8 Å². The lowest BCUT2D eigenvalue weighted by atomic mass is 10.1. The molecule has 0 aliphatic rings. The first-order chi connectivity index (χ1) is 12.0. The van der Waals surface area contributed by atoms with Gasteiger partial charge in [-0.05, 0) is 42.7 Å². The number of ether oxygens (including phenoxy) is 1. The number of carbonyl (C=O) groups is 2. The number of hydrogen-bond donors (Lipinski definition) is 2. The maximum absolute atomic E-state index is 12.5. The molecule has 0 aliphatic heterocycles. The van der Waals surface area contributed by atoms with Crippen LogP contribution in [0.15, 0.2) is 48.5 Å². The Balaban J connectivity index is 2.07. The number of para-hydroxylation sites is 2. The Bertz CT molecular complexity index is 741. The molecule has 2 amide bonds. The van der Waals surface area contributed by atoms with E-state index in [0.29, 0.717) is 35.0 Å². The van der Waals surface area contributed by atoms with Crippen LogP contribution in [0.25, 0.3) is 0 Å². The van der Waals surface area contributed by atoms with Gasteiger partial charge < -0.3 is 15.4 Å². The highest BCUT2D eigenvalue weighted by Gasteiger charge is 2.12. The number of nitrogens with one attached hydrogen (secondary N) is 2. The van der Waals surface area contributed by atoms with E-state index in [2.05, 4.69) is 24.5 Å². The van der Waals surface area contributed by atoms with E-state index in [-0.39, 0.29) is 11.8 Å². The van der Waals surface area contributed by atoms with Gasteiger partial charge in [0.15, 0.2) is 0 Å². The SMILES string of the molecule is COc1ccccc1NC(=O)c1cccc(C(=O)NCCC(C)C)c1. The summed E-state index contributed by atoms with van der Waals surface area (Å²) in [6.45, 7) is 4.83. The lowest BCUT2D eigenvalue weighted by molar-refractivity contribution is 0.0952. The summed E-state index contributed by atoms with van der Waals surface area (Å²) in [4.78, 5) is 24.7. The van der Waals surface area contributed by atoms with Crippen molar-refractivity contribution in [3.8, 4) is 5.75 Å². The molecule has 0 unspecified atom stereocenters. The maximum atomic E-state index is 12.5. The van der Waals surface area contributed by atoms with Crippen molar-refractivity contribution < 1.29 is 14.3 Å². The number of methoxy groups -OCH3 is 1. The number of hydrogen-bond acceptors (Lipinski definition) is 3. The predicted molar refractivity (Wildman–Crippen MR) is 99.2 cm³/mol. The van der Waals surface area contributed by atoms with E-state index >= 15 is 0 Å². The first-order valence-electron chi connectivity index (χ1n) is 8.34. The molecule has 0 atom stereocenters. The molecule has 2 aromatic carbocycles. The summed E-state index contributed by atoms with van der Waals surface area (Å²) in [5.41, 5.74) is 1.47. The minimum Gasteiger partial charge on any atom is -0.495 e. The van der Waals surface area contributed by atoms with Crippen LogP contribution in [0.4, 0.5) is 5.69 Å². The van der Waals surface area contributed by atoms with Crippen LogP contribution >= 0.6 is 0 Å². The summed E-state index contributed by atoms with van der Waals surface area (Å²) in [6, 6.07) is 13.9. The van der Waals surface area contributed by atoms with E-state index in [9.17, 15) is 9.59 Å². The highest BCUT2D eigenvalue weighted by molar-refractivity contribution is 6.06. The third-order valence-corrected chi connectivity index (χ3v) is 3.75. The number of anilines is 1. The second-order valence-corrected chi connectivity index (χ2v) is 6.17. The van der Waals surface area contributed by atoms with Crippen molar-refractivity contribution in [1.29, 1.82) is 0 Å². The van der Waals surface area contributed by atoms with Crippen molar-refractivity contribution in [2.45, 2.75) is 20.3 Å². The van der Waals surface area contributed by atoms with E-state index in [4.69, 9.17) is 4.74 Å². The Morgan fingerprint density at radius 2 is 1.68 bits per heavy atom. The molecule has 2 aromatic rings. The lowest BCUT2D eigenvalue weighted by Crippen LogP contribution is -2.25. The Labute approximate surface area is 148 Å². The second kappa shape index (κ2) is 8.87. The summed E-state index contributed by atoms with van der Waals surface area (Å²) in [7, 11) is 1.55. The minimum atomic E-state index is -0.290. The molecule has 0 aliphatic carbocycles. The summed E-state index contributed by atoms with van der Waals surface area (Å²) in [5.74, 6) is 0.644. The molecule has 25 heavy (non-hydrogen) atoms. The third-order valence-electron chi connectivity index (χ3n) is 3.75. The molecule has 2 rings (SSSR count). The molecule has 0 spiro atoms. The van der Waals surface area contributed by atoms with Crippen molar-refractivity contribution in [2.75, 3.05) is 19.0 Å². The summed E-state index contributed by atoms with van der Waals surface area (Å²) in [6.07, 6.45) is 0.916. The van der Waals surface area contributed by atoms with E-state index < -0.39 is 0 Å². The predicted octanol–water partition coefficient (Wildman–Crippen LogP) is 3.72. The zero-order valence-electron chi connectivity index (χ0n) is 14.8. The standard InChI is InChI=1S/C20H24N2O3/c1-14(2)11-12-21-19(23)15-7-6-8-16(13-15)20(24)22-17-9-4-5-10-18(17)25-3/h4-10,13-14H,11-12H2,1-3H3,(H,21,23)(H,22,24). The maximum Gasteiger partial charge on any atom is 0.255 e. The van der Waals surface area contributed by atoms with Crippen molar-refractivity contribution in [3.05, 3.63) is 59.7 Å². The summed E-state index contributed by atoms with van der Waals surface area (Å²) in [5, 5.41) is 5.68. The zero-order valence-corrected chi connectivity index (χ0v) is 14.8. The van der Waals surface area contributed by atoms with Crippen molar-refractivity contribution in [3.63, 3.8) is 0 Å². The molecule has 0 radical (unpaired) electrons. The van der Waals surface area contributed by atoms with E-state index in [0.717, 1.165) is 6.42 Å². The fourth-order valence-electron chi connectivity index (χ4n) is 2.32. The second-order valence-electron chi connectivity index (χ2n) is 6.17. The van der Waals surface area contributed by atoms with Gasteiger partial charge in [-0.15, -0.1) is 0 Å². The van der Waals surface area contributed by atoms with Crippen LogP contribution in [-0.2, 0) is 0 Å². The molecule has 0 bridgehead atoms. The first-order valence-corrected chi connectivity index (χ1v) is 8.34. The summed E-state index contributed by atoms with van der Waals surface area (Å²) < 4.78 is 5.23. The molecule has 132 valence electrons. The van der Waals surface area contributed by atoms with Crippen LogP contribution in [0.1, 0.15) is 41.0 Å². The topological polar surface area (TPSA) is 67.4 Å². The normalized spacial score (nSPS) is 10.4. The van der Waals surface area contributed by atoms with Gasteiger partial charge in [-0.3, -0.25) is 9.59 Å². The molecule has 5 nitrogen and oxygen atoms in total. The molecule has 0 fully saturated rings. The molecule has 0 aromatic heterocycles. The summed E-state index contributed by atoms with van der Waals surface area (Å²) >= 11 is 0. The molecule has 0 saturated carbocycles. The monoisotopic (exact) mass is 340 g/mol. The highest BCUT2D eigenvalue weighted by Crippen LogP contribution is 2.23. The average molecular weight is 340 g/mol. The van der Waals surface area contributed by atoms with Gasteiger partial charge in [-0.2, -0.15) is 0 Å². The van der Waals surface area contributed by atoms with Crippen LogP contribution in [0.3, 0.4) is 0 Å². The van der Waals surface area contributed by atoms with Crippen LogP contribution in [0, 0.1) is 5.92 Å². The Hall–Kier alpha value is -2.82. The average Bonchev–Trinajstić information content (AvgIpc) is 2.61. The third kappa shape index (κ3) is 5.35. The number of carbonyl (C=O) groups excluding carboxylic acids is 2. The molecular weight excluding hydrogens is 316 g/mol. The van der Waals surface area contributed by atoms with Gasteiger partial charge >= 0.3 is 0 Å². The van der Waals surface area contributed by atoms with Crippen LogP contribution in [-0.4, -0.2) is 25.5 Å². The van der Waals surface area contributed by atoms with Gasteiger partial charge in [0.2, 0.25) is 0 Å². The molecule has 2 N–H and O–H groups in total. The first kappa shape index (κ1) is 18.5. The molecule has 0 heterocycles. The highest BCUT2D eigenvalue weighted by atomic mass is 16.5. The molecule has 0 saturated heterocycles. The van der Waals surface area contributed by atoms with E-state index in [1.165, 1.54) is 0 Å². The molecular formula is C20H24N2O3. The fourth-order valence-corrected chi connectivity index (χ4v) is 2.32.